The van der Waals surface area contributed by atoms with Crippen LogP contribution in [0, 0.1) is 5.92 Å². The number of rotatable bonds is 5. The van der Waals surface area contributed by atoms with Gasteiger partial charge >= 0.3 is 5.97 Å². The predicted molar refractivity (Wildman–Crippen MR) is 76.3 cm³/mol. The van der Waals surface area contributed by atoms with Crippen LogP contribution in [-0.2, 0) is 11.8 Å². The first-order valence-corrected chi connectivity index (χ1v) is 6.60. The molecule has 2 aromatic rings. The standard InChI is InChI=1S/C14H18N4O3/c1-9(2)11(14(20)21)16-12(19)10-8-15-17(3)13(10)18-6-4-5-7-18/h4-9,11H,1-3H3,(H,16,19)(H,20,21)/t11-/m0/s1. The Balaban J connectivity index is 2.31. The van der Waals surface area contributed by atoms with Crippen molar-refractivity contribution in [3.8, 4) is 5.82 Å². The summed E-state index contributed by atoms with van der Waals surface area (Å²) >= 11 is 0. The first-order chi connectivity index (χ1) is 9.91. The van der Waals surface area contributed by atoms with Gasteiger partial charge in [-0.25, -0.2) is 4.79 Å². The van der Waals surface area contributed by atoms with Crippen molar-refractivity contribution in [2.24, 2.45) is 13.0 Å². The van der Waals surface area contributed by atoms with Crippen molar-refractivity contribution in [2.75, 3.05) is 0 Å². The zero-order chi connectivity index (χ0) is 15.6. The van der Waals surface area contributed by atoms with Crippen LogP contribution < -0.4 is 5.32 Å². The molecule has 0 radical (unpaired) electrons. The maximum Gasteiger partial charge on any atom is 0.326 e. The van der Waals surface area contributed by atoms with E-state index in [0.29, 0.717) is 11.4 Å². The minimum Gasteiger partial charge on any atom is -0.480 e. The summed E-state index contributed by atoms with van der Waals surface area (Å²) in [4.78, 5) is 23.5. The van der Waals surface area contributed by atoms with E-state index in [9.17, 15) is 9.59 Å². The number of nitrogens with zero attached hydrogens (tertiary/aromatic N) is 3. The molecule has 0 aromatic carbocycles. The summed E-state index contributed by atoms with van der Waals surface area (Å²) in [5.41, 5.74) is 0.334. The number of carboxylic acids is 1. The molecule has 7 nitrogen and oxygen atoms in total. The molecule has 2 N–H and O–H groups in total. The van der Waals surface area contributed by atoms with E-state index in [-0.39, 0.29) is 5.92 Å². The molecule has 2 heterocycles. The fourth-order valence-electron chi connectivity index (χ4n) is 2.11. The Morgan fingerprint density at radius 3 is 2.43 bits per heavy atom. The van der Waals surface area contributed by atoms with Gasteiger partial charge in [0.2, 0.25) is 0 Å². The summed E-state index contributed by atoms with van der Waals surface area (Å²) in [6, 6.07) is 2.74. The van der Waals surface area contributed by atoms with Gasteiger partial charge in [-0.05, 0) is 18.1 Å². The van der Waals surface area contributed by atoms with E-state index in [2.05, 4.69) is 10.4 Å². The number of carbonyl (C=O) groups excluding carboxylic acids is 1. The number of carbonyl (C=O) groups is 2. The SMILES string of the molecule is CC(C)[C@H](NC(=O)c1cnn(C)c1-n1cccc1)C(=O)O. The van der Waals surface area contributed by atoms with Gasteiger partial charge in [-0.2, -0.15) is 5.10 Å². The summed E-state index contributed by atoms with van der Waals surface area (Å²) < 4.78 is 3.33. The molecule has 2 rings (SSSR count). The van der Waals surface area contributed by atoms with E-state index in [4.69, 9.17) is 5.11 Å². The average molecular weight is 290 g/mol. The smallest absolute Gasteiger partial charge is 0.326 e. The number of amides is 1. The van der Waals surface area contributed by atoms with E-state index in [0.717, 1.165) is 0 Å². The van der Waals surface area contributed by atoms with Crippen molar-refractivity contribution >= 4 is 11.9 Å². The van der Waals surface area contributed by atoms with E-state index >= 15 is 0 Å². The predicted octanol–water partition coefficient (Wildman–Crippen LogP) is 1.05. The largest absolute Gasteiger partial charge is 0.480 e. The third kappa shape index (κ3) is 2.96. The van der Waals surface area contributed by atoms with Crippen molar-refractivity contribution in [3.63, 3.8) is 0 Å². The second-order valence-corrected chi connectivity index (χ2v) is 5.13. The zero-order valence-corrected chi connectivity index (χ0v) is 12.1. The van der Waals surface area contributed by atoms with E-state index in [1.165, 1.54) is 6.20 Å². The summed E-state index contributed by atoms with van der Waals surface area (Å²) in [6.07, 6.45) is 5.03. The van der Waals surface area contributed by atoms with Crippen LogP contribution in [0.4, 0.5) is 0 Å². The monoisotopic (exact) mass is 290 g/mol. The second-order valence-electron chi connectivity index (χ2n) is 5.13. The van der Waals surface area contributed by atoms with Crippen LogP contribution in [0.1, 0.15) is 24.2 Å². The topological polar surface area (TPSA) is 89.2 Å². The number of aliphatic carboxylic acids is 1. The lowest BCUT2D eigenvalue weighted by Crippen LogP contribution is -2.44. The van der Waals surface area contributed by atoms with Gasteiger partial charge in [0.05, 0.1) is 6.20 Å². The van der Waals surface area contributed by atoms with Crippen molar-refractivity contribution in [1.82, 2.24) is 19.7 Å². The minimum absolute atomic E-state index is 0.210. The maximum atomic E-state index is 12.4. The molecule has 0 aliphatic carbocycles. The molecule has 1 atom stereocenters. The quantitative estimate of drug-likeness (QED) is 0.861. The number of nitrogens with one attached hydrogen (secondary N) is 1. The number of aryl methyl sites for hydroxylation is 1. The average Bonchev–Trinajstić information content (AvgIpc) is 3.03. The summed E-state index contributed by atoms with van der Waals surface area (Å²) in [5, 5.41) is 15.8. The molecule has 0 unspecified atom stereocenters. The fraction of sp³-hybridized carbons (Fsp3) is 0.357. The molecule has 21 heavy (non-hydrogen) atoms. The minimum atomic E-state index is -1.05. The summed E-state index contributed by atoms with van der Waals surface area (Å²) in [5.74, 6) is -1.12. The van der Waals surface area contributed by atoms with E-state index in [1.54, 1.807) is 42.5 Å². The molecule has 0 bridgehead atoms. The molecular weight excluding hydrogens is 272 g/mol. The zero-order valence-electron chi connectivity index (χ0n) is 12.1. The van der Waals surface area contributed by atoms with E-state index in [1.807, 2.05) is 12.1 Å². The Kier molecular flexibility index (Phi) is 4.11. The normalized spacial score (nSPS) is 12.4. The van der Waals surface area contributed by atoms with Gasteiger partial charge in [0.1, 0.15) is 17.4 Å². The van der Waals surface area contributed by atoms with Gasteiger partial charge in [-0.3, -0.25) is 9.48 Å². The lowest BCUT2D eigenvalue weighted by molar-refractivity contribution is -0.140. The van der Waals surface area contributed by atoms with Crippen molar-refractivity contribution in [1.29, 1.82) is 0 Å². The lowest BCUT2D eigenvalue weighted by atomic mass is 10.0. The van der Waals surface area contributed by atoms with Gasteiger partial charge in [-0.15, -0.1) is 0 Å². The molecule has 0 spiro atoms. The van der Waals surface area contributed by atoms with Crippen molar-refractivity contribution in [3.05, 3.63) is 36.3 Å². The van der Waals surface area contributed by atoms with Crippen molar-refractivity contribution in [2.45, 2.75) is 19.9 Å². The molecule has 7 heteroatoms. The maximum absolute atomic E-state index is 12.4. The van der Waals surface area contributed by atoms with Crippen LogP contribution in [0.5, 0.6) is 0 Å². The number of hydrogen-bond acceptors (Lipinski definition) is 3. The third-order valence-electron chi connectivity index (χ3n) is 3.22. The second kappa shape index (κ2) is 5.82. The Hall–Kier alpha value is -2.57. The Labute approximate surface area is 122 Å². The number of hydrogen-bond donors (Lipinski definition) is 2. The van der Waals surface area contributed by atoms with Crippen LogP contribution in [0.3, 0.4) is 0 Å². The molecule has 0 saturated carbocycles. The van der Waals surface area contributed by atoms with Crippen LogP contribution in [0.2, 0.25) is 0 Å². The lowest BCUT2D eigenvalue weighted by Gasteiger charge is -2.18. The highest BCUT2D eigenvalue weighted by atomic mass is 16.4. The van der Waals surface area contributed by atoms with Crippen LogP contribution in [0.15, 0.2) is 30.7 Å². The van der Waals surface area contributed by atoms with Gasteiger partial charge in [0.15, 0.2) is 0 Å². The highest BCUT2D eigenvalue weighted by molar-refractivity contribution is 5.99. The summed E-state index contributed by atoms with van der Waals surface area (Å²) in [6.45, 7) is 3.49. The van der Waals surface area contributed by atoms with Gasteiger partial charge in [0, 0.05) is 19.4 Å². The molecule has 2 aromatic heterocycles. The third-order valence-corrected chi connectivity index (χ3v) is 3.22. The number of aromatic nitrogens is 3. The number of carboxylic acid groups (broad SMARTS) is 1. The van der Waals surface area contributed by atoms with Gasteiger partial charge in [-0.1, -0.05) is 13.8 Å². The van der Waals surface area contributed by atoms with Gasteiger partial charge < -0.3 is 15.0 Å². The molecule has 0 saturated heterocycles. The van der Waals surface area contributed by atoms with Crippen LogP contribution in [-0.4, -0.2) is 37.4 Å². The first kappa shape index (κ1) is 14.8. The molecule has 112 valence electrons. The Morgan fingerprint density at radius 1 is 1.29 bits per heavy atom. The highest BCUT2D eigenvalue weighted by Gasteiger charge is 2.26. The van der Waals surface area contributed by atoms with Gasteiger partial charge in [0.25, 0.3) is 5.91 Å². The van der Waals surface area contributed by atoms with E-state index < -0.39 is 17.9 Å². The molecule has 0 fully saturated rings. The molecule has 0 aliphatic rings. The molecular formula is C14H18N4O3. The Morgan fingerprint density at radius 2 is 1.90 bits per heavy atom. The first-order valence-electron chi connectivity index (χ1n) is 6.60. The summed E-state index contributed by atoms with van der Waals surface area (Å²) in [7, 11) is 1.73. The Bertz CT molecular complexity index is 643. The van der Waals surface area contributed by atoms with Crippen LogP contribution in [0.25, 0.3) is 5.82 Å². The molecule has 0 aliphatic heterocycles. The fourth-order valence-corrected chi connectivity index (χ4v) is 2.11. The van der Waals surface area contributed by atoms with Crippen molar-refractivity contribution < 1.29 is 14.7 Å². The highest BCUT2D eigenvalue weighted by Crippen LogP contribution is 2.14. The van der Waals surface area contributed by atoms with Crippen LogP contribution >= 0.6 is 0 Å². The molecule has 1 amide bonds.